The second-order valence-electron chi connectivity index (χ2n) is 3.70. The number of thiazole rings is 1. The molecule has 0 saturated heterocycles. The Bertz CT molecular complexity index is 534. The largest absolute Gasteiger partial charge is 0.389 e. The summed E-state index contributed by atoms with van der Waals surface area (Å²) in [6.45, 7) is 2.07. The Balaban J connectivity index is 2.08. The molecule has 0 saturated carbocycles. The number of hydrogen-bond donors (Lipinski definition) is 1. The van der Waals surface area contributed by atoms with Gasteiger partial charge in [-0.25, -0.2) is 4.98 Å². The van der Waals surface area contributed by atoms with E-state index in [2.05, 4.69) is 24.0 Å². The quantitative estimate of drug-likeness (QED) is 0.675. The predicted molar refractivity (Wildman–Crippen MR) is 83.4 cm³/mol. The minimum absolute atomic E-state index is 0.459. The normalized spacial score (nSPS) is 10.5. The van der Waals surface area contributed by atoms with Crippen molar-refractivity contribution in [3.63, 3.8) is 0 Å². The van der Waals surface area contributed by atoms with E-state index in [4.69, 9.17) is 18.0 Å². The number of hydrogen-bond acceptors (Lipinski definition) is 4. The van der Waals surface area contributed by atoms with Crippen LogP contribution in [0.15, 0.2) is 35.2 Å². The highest BCUT2D eigenvalue weighted by atomic mass is 32.2. The molecule has 0 unspecified atom stereocenters. The third kappa shape index (κ3) is 3.31. The van der Waals surface area contributed by atoms with Gasteiger partial charge in [0, 0.05) is 4.90 Å². The van der Waals surface area contributed by atoms with E-state index in [0.29, 0.717) is 4.99 Å². The number of rotatable bonds is 5. The second kappa shape index (κ2) is 6.31. The monoisotopic (exact) mass is 294 g/mol. The van der Waals surface area contributed by atoms with Gasteiger partial charge in [0.15, 0.2) is 0 Å². The highest BCUT2D eigenvalue weighted by molar-refractivity contribution is 7.98. The molecule has 0 aliphatic rings. The molecule has 0 amide bonds. The summed E-state index contributed by atoms with van der Waals surface area (Å²) in [7, 11) is 0. The van der Waals surface area contributed by atoms with Gasteiger partial charge in [0.05, 0.1) is 16.3 Å². The lowest BCUT2D eigenvalue weighted by atomic mass is 10.3. The molecule has 0 spiro atoms. The Kier molecular flexibility index (Phi) is 4.74. The number of thioether (sulfide) groups is 1. The van der Waals surface area contributed by atoms with Gasteiger partial charge in [-0.2, -0.15) is 0 Å². The van der Waals surface area contributed by atoms with Gasteiger partial charge in [-0.05, 0) is 18.6 Å². The van der Waals surface area contributed by atoms with E-state index in [1.807, 2.05) is 18.2 Å². The summed E-state index contributed by atoms with van der Waals surface area (Å²) in [4.78, 5) is 7.27. The number of nitrogens with two attached hydrogens (primary N) is 1. The fourth-order valence-electron chi connectivity index (χ4n) is 1.56. The Labute approximate surface area is 121 Å². The van der Waals surface area contributed by atoms with Gasteiger partial charge in [-0.1, -0.05) is 37.3 Å². The van der Waals surface area contributed by atoms with E-state index in [-0.39, 0.29) is 0 Å². The molecule has 0 bridgehead atoms. The standard InChI is InChI=1S/C13H14N2S3/c1-2-10-12(13(14)16)18-11(15-10)8-17-9-6-4-3-5-7-9/h3-7H,2,8H2,1H3,(H2,14,16). The SMILES string of the molecule is CCc1nc(CSc2ccccc2)sc1C(N)=S. The van der Waals surface area contributed by atoms with Crippen LogP contribution in [0.1, 0.15) is 22.5 Å². The van der Waals surface area contributed by atoms with E-state index in [1.54, 1.807) is 23.1 Å². The van der Waals surface area contributed by atoms with Gasteiger partial charge in [0.25, 0.3) is 0 Å². The van der Waals surface area contributed by atoms with Gasteiger partial charge in [0.2, 0.25) is 0 Å². The number of aromatic nitrogens is 1. The van der Waals surface area contributed by atoms with Crippen LogP contribution < -0.4 is 5.73 Å². The minimum atomic E-state index is 0.459. The zero-order chi connectivity index (χ0) is 13.0. The first-order chi connectivity index (χ1) is 8.70. The molecule has 0 aliphatic heterocycles. The van der Waals surface area contributed by atoms with Crippen molar-refractivity contribution in [2.45, 2.75) is 24.0 Å². The second-order valence-corrected chi connectivity index (χ2v) is 6.28. The zero-order valence-corrected chi connectivity index (χ0v) is 12.5. The number of aryl methyl sites for hydroxylation is 1. The van der Waals surface area contributed by atoms with Crippen molar-refractivity contribution < 1.29 is 0 Å². The molecule has 5 heteroatoms. The van der Waals surface area contributed by atoms with E-state index >= 15 is 0 Å². The summed E-state index contributed by atoms with van der Waals surface area (Å²) < 4.78 is 0. The Morgan fingerprint density at radius 3 is 2.67 bits per heavy atom. The molecule has 0 fully saturated rings. The first-order valence-electron chi connectivity index (χ1n) is 5.67. The van der Waals surface area contributed by atoms with Crippen LogP contribution in [0.25, 0.3) is 0 Å². The predicted octanol–water partition coefficient (Wildman–Crippen LogP) is 3.63. The highest BCUT2D eigenvalue weighted by Crippen LogP contribution is 2.27. The zero-order valence-electron chi connectivity index (χ0n) is 10.1. The smallest absolute Gasteiger partial charge is 0.116 e. The third-order valence-corrected chi connectivity index (χ3v) is 5.08. The van der Waals surface area contributed by atoms with E-state index in [9.17, 15) is 0 Å². The number of thiocarbonyl (C=S) groups is 1. The van der Waals surface area contributed by atoms with Gasteiger partial charge >= 0.3 is 0 Å². The van der Waals surface area contributed by atoms with Crippen LogP contribution in [0.4, 0.5) is 0 Å². The van der Waals surface area contributed by atoms with E-state index in [0.717, 1.165) is 27.8 Å². The highest BCUT2D eigenvalue weighted by Gasteiger charge is 2.11. The van der Waals surface area contributed by atoms with Gasteiger partial charge in [0.1, 0.15) is 10.00 Å². The van der Waals surface area contributed by atoms with Crippen molar-refractivity contribution in [3.05, 3.63) is 45.9 Å². The maximum absolute atomic E-state index is 5.71. The molecule has 0 aliphatic carbocycles. The number of nitrogens with zero attached hydrogens (tertiary/aromatic N) is 1. The topological polar surface area (TPSA) is 38.9 Å². The van der Waals surface area contributed by atoms with E-state index in [1.165, 1.54) is 4.90 Å². The number of benzene rings is 1. The van der Waals surface area contributed by atoms with Crippen molar-refractivity contribution in [2.75, 3.05) is 0 Å². The molecule has 0 atom stereocenters. The maximum Gasteiger partial charge on any atom is 0.116 e. The van der Waals surface area contributed by atoms with Crippen LogP contribution in [0.3, 0.4) is 0 Å². The van der Waals surface area contributed by atoms with Crippen LogP contribution in [-0.4, -0.2) is 9.97 Å². The van der Waals surface area contributed by atoms with Crippen molar-refractivity contribution in [2.24, 2.45) is 5.73 Å². The molecule has 2 N–H and O–H groups in total. The fourth-order valence-corrected chi connectivity index (χ4v) is 3.72. The van der Waals surface area contributed by atoms with Crippen molar-refractivity contribution in [1.29, 1.82) is 0 Å². The molecular formula is C13H14N2S3. The molecule has 2 aromatic rings. The molecule has 94 valence electrons. The molecule has 2 nitrogen and oxygen atoms in total. The lowest BCUT2D eigenvalue weighted by molar-refractivity contribution is 1.04. The Morgan fingerprint density at radius 1 is 1.39 bits per heavy atom. The van der Waals surface area contributed by atoms with Gasteiger partial charge in [-0.15, -0.1) is 23.1 Å². The van der Waals surface area contributed by atoms with Crippen LogP contribution in [0.5, 0.6) is 0 Å². The average Bonchev–Trinajstić information content (AvgIpc) is 2.81. The third-order valence-electron chi connectivity index (χ3n) is 2.41. The van der Waals surface area contributed by atoms with Crippen LogP contribution in [-0.2, 0) is 12.2 Å². The van der Waals surface area contributed by atoms with Gasteiger partial charge < -0.3 is 5.73 Å². The van der Waals surface area contributed by atoms with E-state index < -0.39 is 0 Å². The van der Waals surface area contributed by atoms with Crippen LogP contribution in [0.2, 0.25) is 0 Å². The summed E-state index contributed by atoms with van der Waals surface area (Å²) in [6, 6.07) is 10.3. The Morgan fingerprint density at radius 2 is 2.11 bits per heavy atom. The molecule has 1 heterocycles. The Hall–Kier alpha value is -0.910. The van der Waals surface area contributed by atoms with Gasteiger partial charge in [-0.3, -0.25) is 0 Å². The molecular weight excluding hydrogens is 280 g/mol. The van der Waals surface area contributed by atoms with Crippen molar-refractivity contribution in [1.82, 2.24) is 4.98 Å². The molecule has 1 aromatic carbocycles. The summed E-state index contributed by atoms with van der Waals surface area (Å²) in [5.41, 5.74) is 6.73. The summed E-state index contributed by atoms with van der Waals surface area (Å²) in [6.07, 6.45) is 0.874. The molecule has 1 aromatic heterocycles. The fraction of sp³-hybridized carbons (Fsp3) is 0.231. The molecule has 2 rings (SSSR count). The summed E-state index contributed by atoms with van der Waals surface area (Å²) in [5, 5.41) is 1.09. The minimum Gasteiger partial charge on any atom is -0.389 e. The molecule has 0 radical (unpaired) electrons. The first kappa shape index (κ1) is 13.5. The lowest BCUT2D eigenvalue weighted by Gasteiger charge is -1.97. The summed E-state index contributed by atoms with van der Waals surface area (Å²) >= 11 is 8.44. The van der Waals surface area contributed by atoms with Crippen molar-refractivity contribution in [3.8, 4) is 0 Å². The maximum atomic E-state index is 5.71. The summed E-state index contributed by atoms with van der Waals surface area (Å²) in [5.74, 6) is 0.865. The average molecular weight is 294 g/mol. The first-order valence-corrected chi connectivity index (χ1v) is 7.88. The molecule has 18 heavy (non-hydrogen) atoms. The lowest BCUT2D eigenvalue weighted by Crippen LogP contribution is -2.09. The van der Waals surface area contributed by atoms with Crippen LogP contribution >= 0.6 is 35.3 Å². The van der Waals surface area contributed by atoms with Crippen LogP contribution in [0, 0.1) is 0 Å². The van der Waals surface area contributed by atoms with Crippen molar-refractivity contribution >= 4 is 40.3 Å².